The molecule has 0 spiro atoms. The molecule has 0 amide bonds. The minimum atomic E-state index is 0.359. The van der Waals surface area contributed by atoms with Crippen molar-refractivity contribution >= 4 is 0 Å². The Bertz CT molecular complexity index is 293. The van der Waals surface area contributed by atoms with Crippen molar-refractivity contribution in [2.75, 3.05) is 26.2 Å². The van der Waals surface area contributed by atoms with Crippen molar-refractivity contribution in [3.8, 4) is 0 Å². The van der Waals surface area contributed by atoms with E-state index < -0.39 is 0 Å². The lowest BCUT2D eigenvalue weighted by molar-refractivity contribution is 0.254. The Hall–Kier alpha value is -0.0800. The maximum absolute atomic E-state index is 8.43. The van der Waals surface area contributed by atoms with E-state index in [1.807, 2.05) is 0 Å². The Morgan fingerprint density at radius 3 is 1.09 bits per heavy atom. The first kappa shape index (κ1) is 36.1. The van der Waals surface area contributed by atoms with E-state index >= 15 is 0 Å². The van der Waals surface area contributed by atoms with Gasteiger partial charge >= 0.3 is 0 Å². The predicted octanol–water partition coefficient (Wildman–Crippen LogP) is 10.6. The van der Waals surface area contributed by atoms with Crippen molar-refractivity contribution in [3.05, 3.63) is 0 Å². The number of aliphatic hydroxyl groups excluding tert-OH is 1. The van der Waals surface area contributed by atoms with Crippen LogP contribution in [0.5, 0.6) is 0 Å². The largest absolute Gasteiger partial charge is 0.396 e. The van der Waals surface area contributed by atoms with Crippen molar-refractivity contribution in [1.82, 2.24) is 4.90 Å². The molecule has 0 aromatic rings. The van der Waals surface area contributed by atoms with E-state index in [1.165, 1.54) is 154 Å². The molecule has 0 radical (unpaired) electrons. The first-order valence-corrected chi connectivity index (χ1v) is 15.9. The molecule has 0 unspecified atom stereocenters. The third-order valence-corrected chi connectivity index (χ3v) is 6.92. The highest BCUT2D eigenvalue weighted by Gasteiger charge is 2.05. The van der Waals surface area contributed by atoms with E-state index in [1.54, 1.807) is 0 Å². The number of hydrogen-bond acceptors (Lipinski definition) is 2. The molecule has 2 nitrogen and oxygen atoms in total. The van der Waals surface area contributed by atoms with Gasteiger partial charge in [-0.15, -0.1) is 0 Å². The Labute approximate surface area is 218 Å². The number of unbranched alkanes of at least 4 members (excludes halogenated alkanes) is 17. The van der Waals surface area contributed by atoms with Gasteiger partial charge in [-0.1, -0.05) is 150 Å². The molecular formula is C32H69NO. The second-order valence-electron chi connectivity index (χ2n) is 11.1. The van der Waals surface area contributed by atoms with Gasteiger partial charge < -0.3 is 10.0 Å². The fourth-order valence-corrected chi connectivity index (χ4v) is 4.52. The second-order valence-corrected chi connectivity index (χ2v) is 11.1. The standard InChI is InChI=1S/C24H51N.C8H18O/c1-4-7-10-13-16-19-22-25(23-20-17-14-11-8-5-2)24-21-18-15-12-9-6-3;1-8(2)6-4-3-5-7-9/h4-24H2,1-3H3;8-9H,3-7H2,1-2H3. The van der Waals surface area contributed by atoms with Crippen LogP contribution in [0.4, 0.5) is 0 Å². The van der Waals surface area contributed by atoms with E-state index in [9.17, 15) is 0 Å². The topological polar surface area (TPSA) is 23.5 Å². The first-order chi connectivity index (χ1) is 16.6. The van der Waals surface area contributed by atoms with Crippen LogP contribution in [0.3, 0.4) is 0 Å². The van der Waals surface area contributed by atoms with Crippen LogP contribution >= 0.6 is 0 Å². The highest BCUT2D eigenvalue weighted by molar-refractivity contribution is 4.60. The minimum absolute atomic E-state index is 0.359. The number of rotatable bonds is 26. The molecule has 2 heteroatoms. The van der Waals surface area contributed by atoms with E-state index in [4.69, 9.17) is 5.11 Å². The van der Waals surface area contributed by atoms with Crippen LogP contribution in [0, 0.1) is 5.92 Å². The summed E-state index contributed by atoms with van der Waals surface area (Å²) in [6, 6.07) is 0. The molecule has 0 aliphatic rings. The third kappa shape index (κ3) is 34.1. The van der Waals surface area contributed by atoms with Gasteiger partial charge in [0.25, 0.3) is 0 Å². The quantitative estimate of drug-likeness (QED) is 0.124. The summed E-state index contributed by atoms with van der Waals surface area (Å²) in [5, 5.41) is 8.43. The van der Waals surface area contributed by atoms with E-state index in [0.717, 1.165) is 12.3 Å². The molecule has 0 fully saturated rings. The summed E-state index contributed by atoms with van der Waals surface area (Å²) in [6.45, 7) is 15.8. The molecule has 0 aliphatic carbocycles. The van der Waals surface area contributed by atoms with Gasteiger partial charge in [-0.3, -0.25) is 0 Å². The van der Waals surface area contributed by atoms with Gasteiger partial charge in [0.1, 0.15) is 0 Å². The highest BCUT2D eigenvalue weighted by Crippen LogP contribution is 2.11. The van der Waals surface area contributed by atoms with Crippen LogP contribution in [0.15, 0.2) is 0 Å². The molecule has 34 heavy (non-hydrogen) atoms. The average molecular weight is 484 g/mol. The molecule has 0 saturated heterocycles. The van der Waals surface area contributed by atoms with Gasteiger partial charge in [-0.2, -0.15) is 0 Å². The van der Waals surface area contributed by atoms with Crippen LogP contribution in [0.2, 0.25) is 0 Å². The Morgan fingerprint density at radius 1 is 0.441 bits per heavy atom. The lowest BCUT2D eigenvalue weighted by Crippen LogP contribution is -2.27. The lowest BCUT2D eigenvalue weighted by atomic mass is 10.1. The normalized spacial score (nSPS) is 11.3. The van der Waals surface area contributed by atoms with Gasteiger partial charge in [-0.05, 0) is 51.2 Å². The molecule has 1 N–H and O–H groups in total. The molecular weight excluding hydrogens is 414 g/mol. The predicted molar refractivity (Wildman–Crippen MR) is 157 cm³/mol. The zero-order valence-corrected chi connectivity index (χ0v) is 24.9. The zero-order valence-electron chi connectivity index (χ0n) is 24.9. The molecule has 0 saturated carbocycles. The van der Waals surface area contributed by atoms with Gasteiger partial charge in [-0.25, -0.2) is 0 Å². The van der Waals surface area contributed by atoms with Crippen molar-refractivity contribution in [1.29, 1.82) is 0 Å². The summed E-state index contributed by atoms with van der Waals surface area (Å²) in [5.41, 5.74) is 0. The van der Waals surface area contributed by atoms with Gasteiger partial charge in [0, 0.05) is 6.61 Å². The summed E-state index contributed by atoms with van der Waals surface area (Å²) in [7, 11) is 0. The van der Waals surface area contributed by atoms with Crippen molar-refractivity contribution in [2.45, 2.75) is 176 Å². The van der Waals surface area contributed by atoms with Crippen LogP contribution in [0.1, 0.15) is 176 Å². The fourth-order valence-electron chi connectivity index (χ4n) is 4.52. The van der Waals surface area contributed by atoms with Gasteiger partial charge in [0.05, 0.1) is 0 Å². The number of nitrogens with zero attached hydrogens (tertiary/aromatic N) is 1. The summed E-state index contributed by atoms with van der Waals surface area (Å²) >= 11 is 0. The van der Waals surface area contributed by atoms with Crippen LogP contribution < -0.4 is 0 Å². The van der Waals surface area contributed by atoms with Gasteiger partial charge in [0.2, 0.25) is 0 Å². The van der Waals surface area contributed by atoms with E-state index in [2.05, 4.69) is 39.5 Å². The number of hydrogen-bond donors (Lipinski definition) is 1. The lowest BCUT2D eigenvalue weighted by Gasteiger charge is -2.22. The van der Waals surface area contributed by atoms with Crippen LogP contribution in [-0.4, -0.2) is 36.2 Å². The van der Waals surface area contributed by atoms with E-state index in [-0.39, 0.29) is 0 Å². The highest BCUT2D eigenvalue weighted by atomic mass is 16.2. The van der Waals surface area contributed by atoms with Crippen LogP contribution in [0.25, 0.3) is 0 Å². The second kappa shape index (κ2) is 32.9. The summed E-state index contributed by atoms with van der Waals surface area (Å²) in [5.74, 6) is 0.823. The maximum Gasteiger partial charge on any atom is 0.0431 e. The molecule has 0 aromatic heterocycles. The van der Waals surface area contributed by atoms with Crippen molar-refractivity contribution < 1.29 is 5.11 Å². The smallest absolute Gasteiger partial charge is 0.0431 e. The van der Waals surface area contributed by atoms with Crippen molar-refractivity contribution in [2.24, 2.45) is 5.92 Å². The maximum atomic E-state index is 8.43. The third-order valence-electron chi connectivity index (χ3n) is 6.92. The number of aliphatic hydroxyl groups is 1. The molecule has 0 atom stereocenters. The Balaban J connectivity index is 0. The molecule has 208 valence electrons. The molecule has 0 heterocycles. The van der Waals surface area contributed by atoms with E-state index in [0.29, 0.717) is 6.61 Å². The fraction of sp³-hybridized carbons (Fsp3) is 1.00. The Morgan fingerprint density at radius 2 is 0.765 bits per heavy atom. The minimum Gasteiger partial charge on any atom is -0.396 e. The SMILES string of the molecule is CC(C)CCCCCO.CCCCCCCCN(CCCCCCCC)CCCCCCCC. The molecule has 0 bridgehead atoms. The molecule has 0 aromatic carbocycles. The summed E-state index contributed by atoms with van der Waals surface area (Å²) < 4.78 is 0. The summed E-state index contributed by atoms with van der Waals surface area (Å²) in [6.07, 6.45) is 30.5. The zero-order chi connectivity index (χ0) is 25.5. The molecule has 0 rings (SSSR count). The van der Waals surface area contributed by atoms with Crippen LogP contribution in [-0.2, 0) is 0 Å². The average Bonchev–Trinajstić information content (AvgIpc) is 2.83. The van der Waals surface area contributed by atoms with Gasteiger partial charge in [0.15, 0.2) is 0 Å². The monoisotopic (exact) mass is 484 g/mol. The molecule has 0 aliphatic heterocycles. The van der Waals surface area contributed by atoms with Crippen molar-refractivity contribution in [3.63, 3.8) is 0 Å². The summed E-state index contributed by atoms with van der Waals surface area (Å²) in [4.78, 5) is 2.79. The first-order valence-electron chi connectivity index (χ1n) is 15.9. The Kier molecular flexibility index (Phi) is 34.9.